The van der Waals surface area contributed by atoms with Crippen LogP contribution in [0.25, 0.3) is 0 Å². The van der Waals surface area contributed by atoms with Gasteiger partial charge < -0.3 is 23.8 Å². The molecule has 0 radical (unpaired) electrons. The number of ether oxygens (including phenoxy) is 2. The van der Waals surface area contributed by atoms with Gasteiger partial charge in [0.1, 0.15) is 24.8 Å². The first-order valence-corrected chi connectivity index (χ1v) is 13.4. The lowest BCUT2D eigenvalue weighted by Gasteiger charge is -2.30. The smallest absolute Gasteiger partial charge is 0.324 e. The molecular formula is C27H36F2N4O4. The van der Waals surface area contributed by atoms with Crippen molar-refractivity contribution in [1.29, 1.82) is 0 Å². The maximum absolute atomic E-state index is 14.6. The van der Waals surface area contributed by atoms with E-state index in [1.54, 1.807) is 24.1 Å². The molecule has 2 saturated heterocycles. The number of alkyl halides is 1. The van der Waals surface area contributed by atoms with E-state index in [0.717, 1.165) is 44.7 Å². The Hall–Kier alpha value is -2.75. The maximum atomic E-state index is 14.6. The van der Waals surface area contributed by atoms with Gasteiger partial charge in [-0.2, -0.15) is 4.98 Å². The van der Waals surface area contributed by atoms with Crippen LogP contribution in [0.5, 0.6) is 5.75 Å². The number of hydrogen-bond acceptors (Lipinski definition) is 7. The van der Waals surface area contributed by atoms with Crippen molar-refractivity contribution in [3.05, 3.63) is 35.4 Å². The molecule has 3 aliphatic rings. The van der Waals surface area contributed by atoms with Crippen molar-refractivity contribution in [3.8, 4) is 5.75 Å². The van der Waals surface area contributed by atoms with E-state index in [1.165, 1.54) is 12.5 Å². The van der Waals surface area contributed by atoms with Gasteiger partial charge in [-0.05, 0) is 67.9 Å². The first-order chi connectivity index (χ1) is 18.1. The molecule has 3 atom stereocenters. The lowest BCUT2D eigenvalue weighted by molar-refractivity contribution is -0.131. The third-order valence-electron chi connectivity index (χ3n) is 8.12. The summed E-state index contributed by atoms with van der Waals surface area (Å²) in [6.07, 6.45) is 5.82. The van der Waals surface area contributed by atoms with Crippen LogP contribution in [0.2, 0.25) is 0 Å². The van der Waals surface area contributed by atoms with Crippen LogP contribution >= 0.6 is 0 Å². The van der Waals surface area contributed by atoms with Crippen LogP contribution in [-0.4, -0.2) is 67.0 Å². The van der Waals surface area contributed by atoms with Crippen LogP contribution in [0.1, 0.15) is 49.9 Å². The van der Waals surface area contributed by atoms with E-state index in [1.807, 2.05) is 0 Å². The third-order valence-corrected chi connectivity index (χ3v) is 8.12. The molecule has 2 aliphatic heterocycles. The predicted molar refractivity (Wildman–Crippen MR) is 132 cm³/mol. The number of amides is 1. The minimum atomic E-state index is -0.543. The Balaban J connectivity index is 1.02. The van der Waals surface area contributed by atoms with Gasteiger partial charge in [0.15, 0.2) is 5.82 Å². The molecule has 2 aromatic rings. The molecule has 0 bridgehead atoms. The molecule has 3 fully saturated rings. The van der Waals surface area contributed by atoms with Gasteiger partial charge >= 0.3 is 6.01 Å². The highest BCUT2D eigenvalue weighted by atomic mass is 19.1. The van der Waals surface area contributed by atoms with Crippen LogP contribution in [0, 0.1) is 23.6 Å². The number of carbonyl (C=O) groups is 1. The first-order valence-electron chi connectivity index (χ1n) is 13.4. The molecule has 202 valence electrons. The molecule has 1 saturated carbocycles. The summed E-state index contributed by atoms with van der Waals surface area (Å²) in [6.45, 7) is 2.74. The predicted octanol–water partition coefficient (Wildman–Crippen LogP) is 4.18. The molecule has 0 N–H and O–H groups in total. The van der Waals surface area contributed by atoms with Crippen molar-refractivity contribution in [2.45, 2.75) is 57.6 Å². The Labute approximate surface area is 216 Å². The van der Waals surface area contributed by atoms with Gasteiger partial charge in [0, 0.05) is 32.8 Å². The Bertz CT molecular complexity index is 1060. The average molecular weight is 519 g/mol. The van der Waals surface area contributed by atoms with Crippen molar-refractivity contribution in [2.24, 2.45) is 17.8 Å². The van der Waals surface area contributed by atoms with E-state index in [4.69, 9.17) is 14.0 Å². The van der Waals surface area contributed by atoms with Crippen LogP contribution in [-0.2, 0) is 22.6 Å². The fraction of sp³-hybridized carbons (Fsp3) is 0.667. The molecule has 1 aliphatic carbocycles. The Morgan fingerprint density at radius 3 is 2.81 bits per heavy atom. The van der Waals surface area contributed by atoms with Crippen molar-refractivity contribution in [1.82, 2.24) is 15.0 Å². The van der Waals surface area contributed by atoms with E-state index in [2.05, 4.69) is 15.0 Å². The van der Waals surface area contributed by atoms with Crippen molar-refractivity contribution >= 4 is 11.9 Å². The monoisotopic (exact) mass is 518 g/mol. The summed E-state index contributed by atoms with van der Waals surface area (Å²) >= 11 is 0. The number of methoxy groups -OCH3 is 1. The lowest BCUT2D eigenvalue weighted by atomic mass is 9.90. The highest BCUT2D eigenvalue weighted by Crippen LogP contribution is 2.50. The zero-order chi connectivity index (χ0) is 25.8. The second-order valence-electron chi connectivity index (χ2n) is 10.5. The summed E-state index contributed by atoms with van der Waals surface area (Å²) < 4.78 is 44.0. The summed E-state index contributed by atoms with van der Waals surface area (Å²) in [5.74, 6) is 2.46. The molecule has 10 heteroatoms. The van der Waals surface area contributed by atoms with E-state index in [9.17, 15) is 13.6 Å². The Kier molecular flexibility index (Phi) is 8.22. The number of rotatable bonds is 11. The van der Waals surface area contributed by atoms with E-state index in [0.29, 0.717) is 61.2 Å². The quantitative estimate of drug-likeness (QED) is 0.442. The van der Waals surface area contributed by atoms with Gasteiger partial charge in [0.25, 0.3) is 0 Å². The van der Waals surface area contributed by atoms with Crippen LogP contribution in [0.3, 0.4) is 0 Å². The SMILES string of the molecule is COCc1noc(N2CCC([C@H]3C[C@H]3CCOc3ccc(CC(=O)N4CCC[C@H]4CF)c(F)c3)CC2)n1. The number of piperidine rings is 1. The molecule has 37 heavy (non-hydrogen) atoms. The minimum absolute atomic E-state index is 0.0496. The maximum Gasteiger partial charge on any atom is 0.324 e. The number of halogens is 2. The third kappa shape index (κ3) is 6.22. The fourth-order valence-electron chi connectivity index (χ4n) is 5.94. The summed E-state index contributed by atoms with van der Waals surface area (Å²) in [7, 11) is 1.61. The van der Waals surface area contributed by atoms with Crippen LogP contribution in [0.15, 0.2) is 22.7 Å². The summed E-state index contributed by atoms with van der Waals surface area (Å²) in [6, 6.07) is 4.90. The highest BCUT2D eigenvalue weighted by molar-refractivity contribution is 5.79. The normalized spacial score (nSPS) is 24.0. The lowest BCUT2D eigenvalue weighted by Crippen LogP contribution is -2.37. The second-order valence-corrected chi connectivity index (χ2v) is 10.5. The number of benzene rings is 1. The summed E-state index contributed by atoms with van der Waals surface area (Å²) in [5, 5.41) is 3.94. The fourth-order valence-corrected chi connectivity index (χ4v) is 5.94. The number of anilines is 1. The van der Waals surface area contributed by atoms with Crippen molar-refractivity contribution < 1.29 is 27.6 Å². The van der Waals surface area contributed by atoms with E-state index >= 15 is 0 Å². The largest absolute Gasteiger partial charge is 0.493 e. The second kappa shape index (κ2) is 11.8. The molecule has 1 aromatic carbocycles. The standard InChI is InChI=1S/C27H36F2N4O4/c1-35-17-25-30-27(37-31-25)32-10-6-18(7-11-32)23-13-19(23)8-12-36-22-5-4-20(24(29)15-22)14-26(34)33-9-2-3-21(33)16-28/h4-5,15,18-19,21,23H,2-3,6-14,16-17H2,1H3/t19-,21+,23-/m1/s1. The van der Waals surface area contributed by atoms with Gasteiger partial charge in [0.2, 0.25) is 5.91 Å². The van der Waals surface area contributed by atoms with Gasteiger partial charge in [-0.25, -0.2) is 8.78 Å². The topological polar surface area (TPSA) is 80.9 Å². The molecule has 1 amide bonds. The molecule has 1 aromatic heterocycles. The number of hydrogen-bond donors (Lipinski definition) is 0. The van der Waals surface area contributed by atoms with E-state index < -0.39 is 12.5 Å². The van der Waals surface area contributed by atoms with Gasteiger partial charge in [-0.1, -0.05) is 11.2 Å². The Morgan fingerprint density at radius 1 is 1.22 bits per heavy atom. The first kappa shape index (κ1) is 25.9. The summed E-state index contributed by atoms with van der Waals surface area (Å²) in [5.41, 5.74) is 0.325. The molecule has 8 nitrogen and oxygen atoms in total. The molecule has 0 unspecified atom stereocenters. The van der Waals surface area contributed by atoms with Crippen LogP contribution < -0.4 is 9.64 Å². The van der Waals surface area contributed by atoms with Crippen molar-refractivity contribution in [3.63, 3.8) is 0 Å². The van der Waals surface area contributed by atoms with Gasteiger partial charge in [-0.15, -0.1) is 0 Å². The average Bonchev–Trinajstić information content (AvgIpc) is 3.27. The van der Waals surface area contributed by atoms with Gasteiger partial charge in [-0.3, -0.25) is 4.79 Å². The zero-order valence-electron chi connectivity index (χ0n) is 21.4. The van der Waals surface area contributed by atoms with Gasteiger partial charge in [0.05, 0.1) is 19.1 Å². The Morgan fingerprint density at radius 2 is 2.05 bits per heavy atom. The summed E-state index contributed by atoms with van der Waals surface area (Å²) in [4.78, 5) is 20.6. The molecule has 5 rings (SSSR count). The number of likely N-dealkylation sites (tertiary alicyclic amines) is 1. The minimum Gasteiger partial charge on any atom is -0.493 e. The highest BCUT2D eigenvalue weighted by Gasteiger charge is 2.43. The number of carbonyl (C=O) groups excluding carboxylic acids is 1. The van der Waals surface area contributed by atoms with E-state index in [-0.39, 0.29) is 18.4 Å². The zero-order valence-corrected chi connectivity index (χ0v) is 21.4. The number of nitrogens with zero attached hydrogens (tertiary/aromatic N) is 4. The molecule has 0 spiro atoms. The number of aromatic nitrogens is 2. The van der Waals surface area contributed by atoms with Crippen molar-refractivity contribution in [2.75, 3.05) is 44.9 Å². The molecular weight excluding hydrogens is 482 g/mol. The molecule has 3 heterocycles. The van der Waals surface area contributed by atoms with Crippen LogP contribution in [0.4, 0.5) is 14.8 Å².